The van der Waals surface area contributed by atoms with Crippen molar-refractivity contribution in [3.63, 3.8) is 0 Å². The Balaban J connectivity index is 0.000000215. The van der Waals surface area contributed by atoms with Gasteiger partial charge in [0.2, 0.25) is 5.75 Å². The number of nitrogen functional groups attached to an aromatic ring is 1. The Morgan fingerprint density at radius 3 is 1.52 bits per heavy atom. The summed E-state index contributed by atoms with van der Waals surface area (Å²) in [6.45, 7) is 0.636. The second kappa shape index (κ2) is 21.7. The van der Waals surface area contributed by atoms with E-state index in [1.54, 1.807) is 12.1 Å². The number of benzene rings is 6. The van der Waals surface area contributed by atoms with Crippen molar-refractivity contribution < 1.29 is 34.1 Å². The predicted molar refractivity (Wildman–Crippen MR) is 224 cm³/mol. The number of nitro benzene ring substituents is 1. The summed E-state index contributed by atoms with van der Waals surface area (Å²) in [6, 6.07) is 35.6. The highest BCUT2D eigenvalue weighted by Crippen LogP contribution is 2.37. The van der Waals surface area contributed by atoms with E-state index in [2.05, 4.69) is 42.5 Å². The Bertz CT molecular complexity index is 2190. The fraction of sp³-hybridized carbons (Fsp3) is 0.273. The zero-order valence-electron chi connectivity index (χ0n) is 31.0. The van der Waals surface area contributed by atoms with E-state index in [9.17, 15) is 10.1 Å². The van der Waals surface area contributed by atoms with Crippen molar-refractivity contribution in [1.82, 2.24) is 0 Å². The minimum absolute atomic E-state index is 0.0480. The van der Waals surface area contributed by atoms with Crippen LogP contribution in [0.25, 0.3) is 21.5 Å². The number of halogens is 2. The molecule has 0 radical (unpaired) electrons. The van der Waals surface area contributed by atoms with Gasteiger partial charge in [-0.15, -0.1) is 23.2 Å². The van der Waals surface area contributed by atoms with Gasteiger partial charge < -0.3 is 34.9 Å². The summed E-state index contributed by atoms with van der Waals surface area (Å²) >= 11 is 11.4. The number of aliphatic hydroxyl groups excluding tert-OH is 2. The molecule has 0 saturated heterocycles. The van der Waals surface area contributed by atoms with Gasteiger partial charge in [0.15, 0.2) is 0 Å². The van der Waals surface area contributed by atoms with Crippen molar-refractivity contribution in [1.29, 1.82) is 0 Å². The minimum Gasteiger partial charge on any atom is -0.491 e. The molecule has 0 aliphatic carbocycles. The van der Waals surface area contributed by atoms with Gasteiger partial charge in [0.1, 0.15) is 43.7 Å². The number of alkyl halides is 2. The molecule has 12 heteroatoms. The highest BCUT2D eigenvalue weighted by atomic mass is 35.5. The quantitative estimate of drug-likeness (QED) is 0.0317. The summed E-state index contributed by atoms with van der Waals surface area (Å²) in [5, 5.41) is 34.5. The van der Waals surface area contributed by atoms with Crippen molar-refractivity contribution in [2.24, 2.45) is 0 Å². The Hall–Kier alpha value is -5.26. The molecule has 0 heterocycles. The molecule has 0 amide bonds. The number of nitrogens with zero attached hydrogens (tertiary/aromatic N) is 1. The molecule has 10 nitrogen and oxygen atoms in total. The first-order valence-electron chi connectivity index (χ1n) is 18.4. The highest BCUT2D eigenvalue weighted by molar-refractivity contribution is 6.18. The predicted octanol–water partition coefficient (Wildman–Crippen LogP) is 8.72. The Morgan fingerprint density at radius 1 is 0.554 bits per heavy atom. The average molecular weight is 802 g/mol. The summed E-state index contributed by atoms with van der Waals surface area (Å²) in [7, 11) is 0. The van der Waals surface area contributed by atoms with E-state index < -0.39 is 4.92 Å². The largest absolute Gasteiger partial charge is 0.491 e. The van der Waals surface area contributed by atoms with Crippen LogP contribution in [-0.4, -0.2) is 66.5 Å². The fourth-order valence-corrected chi connectivity index (χ4v) is 6.63. The molecule has 0 aliphatic heterocycles. The number of fused-ring (bicyclic) bond motifs is 2. The number of nitro groups is 1. The van der Waals surface area contributed by atoms with Gasteiger partial charge in [-0.2, -0.15) is 0 Å². The van der Waals surface area contributed by atoms with Crippen molar-refractivity contribution in [2.45, 2.75) is 25.7 Å². The van der Waals surface area contributed by atoms with Crippen molar-refractivity contribution in [2.75, 3.05) is 57.1 Å². The van der Waals surface area contributed by atoms with E-state index in [1.807, 2.05) is 48.5 Å². The van der Waals surface area contributed by atoms with E-state index in [0.29, 0.717) is 53.8 Å². The maximum atomic E-state index is 11.8. The Kier molecular flexibility index (Phi) is 16.3. The van der Waals surface area contributed by atoms with Gasteiger partial charge in [0.25, 0.3) is 0 Å². The zero-order chi connectivity index (χ0) is 39.7. The molecular weight excluding hydrogens is 755 g/mol. The molecule has 6 aromatic rings. The molecule has 0 aliphatic rings. The molecule has 0 fully saturated rings. The number of ether oxygens (including phenoxy) is 4. The van der Waals surface area contributed by atoms with Crippen LogP contribution in [0, 0.1) is 10.1 Å². The standard InChI is InChI=1S/C22H22ClNO5.C22H24ClNO3/c23-10-12-29-21-15-19(28-13-11-25)14-18(22(21)24(26)27)9-8-17-6-3-5-16-4-1-2-7-20(16)17;23-10-12-27-21-15-19(26-13-11-25)14-18(22(21)24)9-8-17-6-3-5-16-4-1-2-7-20(16)17/h1-7,14-15,25H,8-13H2;1-7,14-15,25H,8-13,24H2. The van der Waals surface area contributed by atoms with Crippen LogP contribution in [0.5, 0.6) is 23.0 Å². The van der Waals surface area contributed by atoms with Gasteiger partial charge in [0, 0.05) is 17.7 Å². The lowest BCUT2D eigenvalue weighted by Gasteiger charge is -2.15. The molecule has 56 heavy (non-hydrogen) atoms. The maximum absolute atomic E-state index is 11.8. The van der Waals surface area contributed by atoms with E-state index >= 15 is 0 Å². The molecule has 0 bridgehead atoms. The van der Waals surface area contributed by atoms with Crippen LogP contribution >= 0.6 is 23.2 Å². The van der Waals surface area contributed by atoms with E-state index in [-0.39, 0.29) is 50.4 Å². The number of aryl methyl sites for hydroxylation is 4. The summed E-state index contributed by atoms with van der Waals surface area (Å²) < 4.78 is 22.2. The van der Waals surface area contributed by atoms with Gasteiger partial charge in [0.05, 0.1) is 35.6 Å². The maximum Gasteiger partial charge on any atom is 0.314 e. The first-order valence-corrected chi connectivity index (χ1v) is 19.5. The summed E-state index contributed by atoms with van der Waals surface area (Å²) in [6.07, 6.45) is 2.68. The lowest BCUT2D eigenvalue weighted by molar-refractivity contribution is -0.386. The van der Waals surface area contributed by atoms with Crippen LogP contribution in [0.1, 0.15) is 22.3 Å². The summed E-state index contributed by atoms with van der Waals surface area (Å²) in [4.78, 5) is 11.3. The van der Waals surface area contributed by atoms with Gasteiger partial charge in [-0.3, -0.25) is 10.1 Å². The van der Waals surface area contributed by atoms with Crippen molar-refractivity contribution in [3.05, 3.63) is 142 Å². The molecule has 0 unspecified atom stereocenters. The second-order valence-corrected chi connectivity index (χ2v) is 13.4. The van der Waals surface area contributed by atoms with Crippen molar-refractivity contribution >= 4 is 56.1 Å². The lowest BCUT2D eigenvalue weighted by atomic mass is 9.97. The third-order valence-corrected chi connectivity index (χ3v) is 9.30. The zero-order valence-corrected chi connectivity index (χ0v) is 32.5. The molecule has 294 valence electrons. The second-order valence-electron chi connectivity index (χ2n) is 12.7. The Labute approximate surface area is 336 Å². The van der Waals surface area contributed by atoms with Gasteiger partial charge in [-0.05, 0) is 76.1 Å². The molecule has 6 aromatic carbocycles. The van der Waals surface area contributed by atoms with Crippen LogP contribution in [0.3, 0.4) is 0 Å². The lowest BCUT2D eigenvalue weighted by Crippen LogP contribution is -2.07. The third-order valence-electron chi connectivity index (χ3n) is 8.99. The fourth-order valence-electron chi connectivity index (χ4n) is 6.48. The van der Waals surface area contributed by atoms with Crippen LogP contribution < -0.4 is 24.7 Å². The molecular formula is C44H46Cl2N2O8. The van der Waals surface area contributed by atoms with Crippen LogP contribution in [0.2, 0.25) is 0 Å². The topological polar surface area (TPSA) is 147 Å². The van der Waals surface area contributed by atoms with Crippen LogP contribution in [0.4, 0.5) is 11.4 Å². The monoisotopic (exact) mass is 800 g/mol. The van der Waals surface area contributed by atoms with Crippen LogP contribution in [0.15, 0.2) is 109 Å². The molecule has 0 aromatic heterocycles. The first-order chi connectivity index (χ1) is 27.4. The highest BCUT2D eigenvalue weighted by Gasteiger charge is 2.23. The first kappa shape index (κ1) is 41.9. The number of rotatable bonds is 19. The number of aliphatic hydroxyl groups is 2. The molecule has 0 atom stereocenters. The molecule has 4 N–H and O–H groups in total. The normalized spacial score (nSPS) is 10.9. The van der Waals surface area contributed by atoms with E-state index in [0.717, 1.165) is 34.7 Å². The minimum atomic E-state index is -0.433. The third kappa shape index (κ3) is 11.4. The van der Waals surface area contributed by atoms with E-state index in [4.69, 9.17) is 58.1 Å². The van der Waals surface area contributed by atoms with Gasteiger partial charge in [-0.1, -0.05) is 84.9 Å². The number of anilines is 1. The van der Waals surface area contributed by atoms with Crippen LogP contribution in [-0.2, 0) is 25.7 Å². The number of hydrogen-bond acceptors (Lipinski definition) is 9. The van der Waals surface area contributed by atoms with Gasteiger partial charge in [-0.25, -0.2) is 0 Å². The Morgan fingerprint density at radius 2 is 1.00 bits per heavy atom. The van der Waals surface area contributed by atoms with Gasteiger partial charge >= 0.3 is 5.69 Å². The number of hydrogen-bond donors (Lipinski definition) is 3. The average Bonchev–Trinajstić information content (AvgIpc) is 3.22. The molecule has 0 saturated carbocycles. The van der Waals surface area contributed by atoms with E-state index in [1.165, 1.54) is 22.4 Å². The molecule has 6 rings (SSSR count). The SMILES string of the molecule is Nc1c(CCc2cccc3ccccc23)cc(OCCO)cc1OCCCl.O=[N+]([O-])c1c(CCc2cccc3ccccc23)cc(OCCO)cc1OCCCl. The molecule has 0 spiro atoms. The number of nitrogens with two attached hydrogens (primary N) is 1. The smallest absolute Gasteiger partial charge is 0.314 e. The summed E-state index contributed by atoms with van der Waals surface area (Å²) in [5.74, 6) is 2.34. The van der Waals surface area contributed by atoms with Crippen molar-refractivity contribution in [3.8, 4) is 23.0 Å². The summed E-state index contributed by atoms with van der Waals surface area (Å²) in [5.41, 5.74) is 10.7.